The number of pyridine rings is 1. The second-order valence-corrected chi connectivity index (χ2v) is 9.42. The highest BCUT2D eigenvalue weighted by Crippen LogP contribution is 2.36. The molecule has 3 aromatic rings. The minimum absolute atomic E-state index is 0.0219. The van der Waals surface area contributed by atoms with Crippen LogP contribution in [0.25, 0.3) is 10.9 Å². The normalized spacial score (nSPS) is 20.6. The van der Waals surface area contributed by atoms with Gasteiger partial charge in [0.15, 0.2) is 0 Å². The van der Waals surface area contributed by atoms with E-state index in [4.69, 9.17) is 0 Å². The number of nitrogens with one attached hydrogen (secondary N) is 1. The van der Waals surface area contributed by atoms with E-state index in [-0.39, 0.29) is 23.3 Å². The summed E-state index contributed by atoms with van der Waals surface area (Å²) in [5.41, 5.74) is 3.32. The van der Waals surface area contributed by atoms with E-state index in [0.29, 0.717) is 19.1 Å². The van der Waals surface area contributed by atoms with E-state index in [9.17, 15) is 9.59 Å². The highest BCUT2D eigenvalue weighted by atomic mass is 16.2. The van der Waals surface area contributed by atoms with Gasteiger partial charge >= 0.3 is 0 Å². The first-order valence-electron chi connectivity index (χ1n) is 11.9. The Kier molecular flexibility index (Phi) is 5.94. The molecule has 172 valence electrons. The Morgan fingerprint density at radius 2 is 2.06 bits per heavy atom. The van der Waals surface area contributed by atoms with Crippen molar-refractivity contribution in [2.75, 3.05) is 13.1 Å². The first-order chi connectivity index (χ1) is 16.1. The number of rotatable bonds is 7. The lowest BCUT2D eigenvalue weighted by Gasteiger charge is -2.35. The van der Waals surface area contributed by atoms with E-state index in [0.717, 1.165) is 37.9 Å². The Morgan fingerprint density at radius 1 is 1.24 bits per heavy atom. The van der Waals surface area contributed by atoms with Crippen LogP contribution >= 0.6 is 0 Å². The Morgan fingerprint density at radius 3 is 2.82 bits per heavy atom. The molecule has 2 atom stereocenters. The highest BCUT2D eigenvalue weighted by molar-refractivity contribution is 5.85. The lowest BCUT2D eigenvalue weighted by atomic mass is 9.80. The number of piperidine rings is 1. The van der Waals surface area contributed by atoms with Gasteiger partial charge in [-0.25, -0.2) is 0 Å². The maximum absolute atomic E-state index is 14.0. The van der Waals surface area contributed by atoms with Gasteiger partial charge in [-0.05, 0) is 55.0 Å². The molecule has 2 aromatic heterocycles. The molecule has 1 amide bonds. The predicted molar refractivity (Wildman–Crippen MR) is 131 cm³/mol. The van der Waals surface area contributed by atoms with Gasteiger partial charge in [-0.3, -0.25) is 9.59 Å². The number of allylic oxidation sites excluding steroid dienone is 1. The molecule has 1 N–H and O–H groups in total. The van der Waals surface area contributed by atoms with Crippen molar-refractivity contribution in [1.29, 1.82) is 0 Å². The molecule has 33 heavy (non-hydrogen) atoms. The molecule has 3 heterocycles. The predicted octanol–water partition coefficient (Wildman–Crippen LogP) is 3.41. The largest absolute Gasteiger partial charge is 0.343 e. The van der Waals surface area contributed by atoms with Crippen LogP contribution in [0, 0.1) is 5.92 Å². The molecule has 5 rings (SSSR count). The third-order valence-corrected chi connectivity index (χ3v) is 7.16. The molecule has 1 aliphatic carbocycles. The van der Waals surface area contributed by atoms with Crippen LogP contribution in [0.1, 0.15) is 36.3 Å². The zero-order chi connectivity index (χ0) is 22.9. The number of aryl methyl sites for hydroxylation is 1. The second kappa shape index (κ2) is 9.02. The Balaban J connectivity index is 1.45. The summed E-state index contributed by atoms with van der Waals surface area (Å²) in [6, 6.07) is 12.4. The van der Waals surface area contributed by atoms with E-state index in [2.05, 4.69) is 51.8 Å². The van der Waals surface area contributed by atoms with Gasteiger partial charge in [-0.15, -0.1) is 6.58 Å². The van der Waals surface area contributed by atoms with Gasteiger partial charge in [0, 0.05) is 62.1 Å². The highest BCUT2D eigenvalue weighted by Gasteiger charge is 2.40. The number of benzene rings is 1. The second-order valence-electron chi connectivity index (χ2n) is 9.42. The molecule has 0 spiro atoms. The summed E-state index contributed by atoms with van der Waals surface area (Å²) >= 11 is 0. The maximum Gasteiger partial charge on any atom is 0.250 e. The maximum atomic E-state index is 14.0. The number of hydrogen-bond donors (Lipinski definition) is 1. The summed E-state index contributed by atoms with van der Waals surface area (Å²) in [7, 11) is 1.76. The lowest BCUT2D eigenvalue weighted by Crippen LogP contribution is -2.47. The number of fused-ring (bicyclic) bond motifs is 1. The number of nitrogens with zero attached hydrogens (tertiary/aromatic N) is 3. The van der Waals surface area contributed by atoms with E-state index < -0.39 is 0 Å². The van der Waals surface area contributed by atoms with Crippen molar-refractivity contribution >= 4 is 16.8 Å². The zero-order valence-corrected chi connectivity index (χ0v) is 19.2. The first kappa shape index (κ1) is 21.7. The minimum Gasteiger partial charge on any atom is -0.343 e. The van der Waals surface area contributed by atoms with Crippen molar-refractivity contribution < 1.29 is 4.79 Å². The van der Waals surface area contributed by atoms with Gasteiger partial charge in [0.05, 0.1) is 5.92 Å². The topological polar surface area (TPSA) is 59.3 Å². The van der Waals surface area contributed by atoms with Crippen molar-refractivity contribution in [3.05, 3.63) is 82.9 Å². The third kappa shape index (κ3) is 4.27. The summed E-state index contributed by atoms with van der Waals surface area (Å²) in [5.74, 6) is 0.111. The molecule has 6 nitrogen and oxygen atoms in total. The SMILES string of the molecule is C=CCn1cc(CN(C(=O)[C@H]2CNCCC2c2ccn(C)c(=O)c2)C2CC2)c2ccccc21. The lowest BCUT2D eigenvalue weighted by molar-refractivity contribution is -0.138. The van der Waals surface area contributed by atoms with E-state index in [1.807, 2.05) is 18.3 Å². The number of aromatic nitrogens is 2. The van der Waals surface area contributed by atoms with Gasteiger partial charge in [0.2, 0.25) is 5.91 Å². The standard InChI is InChI=1S/C27H32N4O2/c1-3-13-30-17-20(23-6-4-5-7-25(23)30)18-31(21-8-9-21)27(33)24-16-28-12-10-22(24)19-11-14-29(2)26(32)15-19/h3-7,11,14-15,17,21-22,24,28H,1,8-10,12-13,16,18H2,2H3/t22?,24-/m0/s1. The molecule has 1 unspecified atom stereocenters. The van der Waals surface area contributed by atoms with Crippen molar-refractivity contribution in [2.24, 2.45) is 13.0 Å². The molecular weight excluding hydrogens is 412 g/mol. The minimum atomic E-state index is -0.159. The number of amides is 1. The Labute approximate surface area is 194 Å². The average Bonchev–Trinajstić information content (AvgIpc) is 3.62. The van der Waals surface area contributed by atoms with E-state index in [1.54, 1.807) is 17.7 Å². The molecule has 0 radical (unpaired) electrons. The molecule has 2 aliphatic rings. The van der Waals surface area contributed by atoms with Gasteiger partial charge < -0.3 is 19.4 Å². The fraction of sp³-hybridized carbons (Fsp3) is 0.407. The third-order valence-electron chi connectivity index (χ3n) is 7.16. The molecule has 1 aliphatic heterocycles. The average molecular weight is 445 g/mol. The van der Waals surface area contributed by atoms with Crippen LogP contribution in [0.4, 0.5) is 0 Å². The van der Waals surface area contributed by atoms with Gasteiger partial charge in [0.1, 0.15) is 0 Å². The molecule has 1 saturated carbocycles. The van der Waals surface area contributed by atoms with Crippen LogP contribution in [-0.4, -0.2) is 39.1 Å². The first-order valence-corrected chi connectivity index (χ1v) is 11.9. The molecule has 1 saturated heterocycles. The summed E-state index contributed by atoms with van der Waals surface area (Å²) in [6.45, 7) is 6.77. The molecule has 2 fully saturated rings. The van der Waals surface area contributed by atoms with E-state index >= 15 is 0 Å². The fourth-order valence-corrected chi connectivity index (χ4v) is 5.22. The number of carbonyl (C=O) groups is 1. The summed E-state index contributed by atoms with van der Waals surface area (Å²) in [4.78, 5) is 28.3. The molecule has 1 aromatic carbocycles. The summed E-state index contributed by atoms with van der Waals surface area (Å²) in [5, 5.41) is 4.62. The smallest absolute Gasteiger partial charge is 0.250 e. The quantitative estimate of drug-likeness (QED) is 0.568. The summed E-state index contributed by atoms with van der Waals surface area (Å²) in [6.07, 6.45) is 8.88. The van der Waals surface area contributed by atoms with Crippen molar-refractivity contribution in [3.63, 3.8) is 0 Å². The zero-order valence-electron chi connectivity index (χ0n) is 19.2. The van der Waals surface area contributed by atoms with Gasteiger partial charge in [-0.2, -0.15) is 0 Å². The van der Waals surface area contributed by atoms with Gasteiger partial charge in [0.25, 0.3) is 5.56 Å². The molecule has 6 heteroatoms. The van der Waals surface area contributed by atoms with E-state index in [1.165, 1.54) is 16.5 Å². The van der Waals surface area contributed by atoms with Crippen LogP contribution in [0.2, 0.25) is 0 Å². The summed E-state index contributed by atoms with van der Waals surface area (Å²) < 4.78 is 3.79. The Bertz CT molecular complexity index is 1240. The van der Waals surface area contributed by atoms with Crippen LogP contribution in [0.15, 0.2) is 66.2 Å². The van der Waals surface area contributed by atoms with Crippen LogP contribution in [0.5, 0.6) is 0 Å². The molecular formula is C27H32N4O2. The van der Waals surface area contributed by atoms with Crippen molar-refractivity contribution in [3.8, 4) is 0 Å². The van der Waals surface area contributed by atoms with Crippen LogP contribution in [-0.2, 0) is 24.9 Å². The number of carbonyl (C=O) groups excluding carboxylic acids is 1. The monoisotopic (exact) mass is 444 g/mol. The Hall–Kier alpha value is -3.12. The van der Waals surface area contributed by atoms with Crippen LogP contribution < -0.4 is 10.9 Å². The van der Waals surface area contributed by atoms with Crippen LogP contribution in [0.3, 0.4) is 0 Å². The van der Waals surface area contributed by atoms with Crippen molar-refractivity contribution in [1.82, 2.24) is 19.4 Å². The van der Waals surface area contributed by atoms with Crippen molar-refractivity contribution in [2.45, 2.75) is 44.3 Å². The fourth-order valence-electron chi connectivity index (χ4n) is 5.22. The number of hydrogen-bond acceptors (Lipinski definition) is 3. The molecule has 0 bridgehead atoms. The van der Waals surface area contributed by atoms with Gasteiger partial charge in [-0.1, -0.05) is 24.3 Å². The number of para-hydroxylation sites is 1.